The van der Waals surface area contributed by atoms with E-state index in [1.54, 1.807) is 0 Å². The Hall–Kier alpha value is 1.35. The summed E-state index contributed by atoms with van der Waals surface area (Å²) in [6.45, 7) is 0. The molecule has 36 valence electrons. The zero-order valence-electron chi connectivity index (χ0n) is 2.06. The van der Waals surface area contributed by atoms with Crippen molar-refractivity contribution < 1.29 is 10.3 Å². The molecule has 0 fully saturated rings. The molecule has 0 unspecified atom stereocenters. The van der Waals surface area contributed by atoms with Gasteiger partial charge in [-0.2, -0.15) is 0 Å². The molecule has 0 aliphatic carbocycles. The van der Waals surface area contributed by atoms with Crippen LogP contribution in [0.5, 0.6) is 0 Å². The number of nitrogens with two attached hydrogens (primary N) is 1. The molecule has 0 saturated carbocycles. The third kappa shape index (κ3) is 33.0. The second-order valence-electron chi connectivity index (χ2n) is 0.383. The molecule has 5 heavy (non-hydrogen) atoms. The summed E-state index contributed by atoms with van der Waals surface area (Å²) in [4.78, 5) is 0. The van der Waals surface area contributed by atoms with Gasteiger partial charge in [-0.05, 0) is 0 Å². The van der Waals surface area contributed by atoms with E-state index in [0.717, 1.165) is 0 Å². The Kier molecular flexibility index (Phi) is 2.38. The molecule has 0 amide bonds. The fourth-order valence-corrected chi connectivity index (χ4v) is 0. The van der Waals surface area contributed by atoms with Crippen molar-refractivity contribution >= 4 is 30.3 Å². The Morgan fingerprint density at radius 2 is 1.20 bits per heavy atom. The molecule has 1 nitrogen and oxygen atoms in total. The molecular weight excluding hydrogens is 176 g/mol. The second-order valence-corrected chi connectivity index (χ2v) is 8.49. The SMILES string of the molecule is [NH2][Fe]([Cl])([Cl])[Cl]. The fourth-order valence-electron chi connectivity index (χ4n) is 0. The van der Waals surface area contributed by atoms with Crippen LogP contribution in [0.2, 0.25) is 0 Å². The van der Waals surface area contributed by atoms with Gasteiger partial charge >= 0.3 is 45.4 Å². The Morgan fingerprint density at radius 3 is 1.20 bits per heavy atom. The molecule has 0 saturated heterocycles. The van der Waals surface area contributed by atoms with Gasteiger partial charge in [-0.25, -0.2) is 0 Å². The number of hydrogen-bond donors (Lipinski definition) is 1. The monoisotopic (exact) mass is 177 g/mol. The topological polar surface area (TPSA) is 26.0 Å². The maximum atomic E-state index is 4.96. The third-order valence-corrected chi connectivity index (χ3v) is 0. The fraction of sp³-hybridized carbons (Fsp3) is 0. The molecule has 0 bridgehead atoms. The molecule has 0 aromatic rings. The minimum atomic E-state index is -2.58. The van der Waals surface area contributed by atoms with E-state index in [1.165, 1.54) is 0 Å². The van der Waals surface area contributed by atoms with Crippen LogP contribution in [0, 0.1) is 0 Å². The number of halogens is 3. The van der Waals surface area contributed by atoms with Crippen LogP contribution < -0.4 is 4.75 Å². The molecule has 0 rings (SSSR count). The van der Waals surface area contributed by atoms with Gasteiger partial charge in [0.15, 0.2) is 0 Å². The summed E-state index contributed by atoms with van der Waals surface area (Å²) in [5.74, 6) is 0. The molecule has 0 aliphatic heterocycles. The summed E-state index contributed by atoms with van der Waals surface area (Å²) in [6, 6.07) is 0. The van der Waals surface area contributed by atoms with E-state index in [0.29, 0.717) is 0 Å². The van der Waals surface area contributed by atoms with Crippen molar-refractivity contribution in [2.75, 3.05) is 0 Å². The van der Waals surface area contributed by atoms with Crippen molar-refractivity contribution in [3.05, 3.63) is 0 Å². The summed E-state index contributed by atoms with van der Waals surface area (Å²) >= 11 is 0. The standard InChI is InChI=1S/3ClH.Fe.H2N/h3*1H;;1H2/q;;;+4;-1/p-3. The van der Waals surface area contributed by atoms with Crippen LogP contribution in [0.4, 0.5) is 0 Å². The number of rotatable bonds is 0. The van der Waals surface area contributed by atoms with Crippen molar-refractivity contribution in [3.8, 4) is 0 Å². The van der Waals surface area contributed by atoms with Gasteiger partial charge in [-0.1, -0.05) is 0 Å². The molecule has 0 radical (unpaired) electrons. The predicted molar refractivity (Wildman–Crippen MR) is 21.7 cm³/mol. The molecule has 5 heteroatoms. The van der Waals surface area contributed by atoms with Gasteiger partial charge in [0.2, 0.25) is 0 Å². The van der Waals surface area contributed by atoms with Crippen LogP contribution in [0.15, 0.2) is 0 Å². The summed E-state index contributed by atoms with van der Waals surface area (Å²) in [5, 5.41) is 0. The predicted octanol–water partition coefficient (Wildman–Crippen LogP) is 1.48. The molecule has 0 heterocycles. The van der Waals surface area contributed by atoms with E-state index in [2.05, 4.69) is 0 Å². The van der Waals surface area contributed by atoms with Gasteiger partial charge < -0.3 is 0 Å². The third-order valence-electron chi connectivity index (χ3n) is 0. The van der Waals surface area contributed by atoms with Crippen LogP contribution in [0.1, 0.15) is 0 Å². The van der Waals surface area contributed by atoms with Gasteiger partial charge in [0.05, 0.1) is 0 Å². The molecule has 0 aromatic carbocycles. The van der Waals surface area contributed by atoms with E-state index in [4.69, 9.17) is 35.0 Å². The van der Waals surface area contributed by atoms with Crippen molar-refractivity contribution in [3.63, 3.8) is 0 Å². The maximum absolute atomic E-state index is 4.96. The zero-order chi connectivity index (χ0) is 4.50. The van der Waals surface area contributed by atoms with E-state index < -0.39 is 10.3 Å². The normalized spacial score (nSPS) is 15.2. The first-order valence-electron chi connectivity index (χ1n) is 0.605. The van der Waals surface area contributed by atoms with Gasteiger partial charge in [0, 0.05) is 0 Å². The van der Waals surface area contributed by atoms with Crippen LogP contribution >= 0.6 is 30.3 Å². The van der Waals surface area contributed by atoms with Crippen LogP contribution in [-0.4, -0.2) is 0 Å². The van der Waals surface area contributed by atoms with Crippen LogP contribution in [0.3, 0.4) is 0 Å². The zero-order valence-corrected chi connectivity index (χ0v) is 5.44. The van der Waals surface area contributed by atoms with Gasteiger partial charge in [-0.3, -0.25) is 0 Å². The minimum absolute atomic E-state index is 2.58. The molecule has 0 aliphatic rings. The van der Waals surface area contributed by atoms with Crippen molar-refractivity contribution in [2.45, 2.75) is 0 Å². The molecule has 2 N–H and O–H groups in total. The van der Waals surface area contributed by atoms with E-state index in [9.17, 15) is 0 Å². The molecule has 0 aromatic heterocycles. The summed E-state index contributed by atoms with van der Waals surface area (Å²) in [6.07, 6.45) is 0. The number of hydrogen-bond acceptors (Lipinski definition) is 1. The second kappa shape index (κ2) is 1.87. The van der Waals surface area contributed by atoms with Crippen molar-refractivity contribution in [1.82, 2.24) is 0 Å². The Balaban J connectivity index is 3.02. The molecule has 0 spiro atoms. The van der Waals surface area contributed by atoms with Gasteiger partial charge in [-0.15, -0.1) is 0 Å². The summed E-state index contributed by atoms with van der Waals surface area (Å²) < 4.78 is 4.78. The average molecular weight is 178 g/mol. The summed E-state index contributed by atoms with van der Waals surface area (Å²) in [7, 11) is 12.3. The van der Waals surface area contributed by atoms with Crippen LogP contribution in [-0.2, 0) is 10.3 Å². The molecular formula is H2Cl3FeN. The van der Waals surface area contributed by atoms with Crippen molar-refractivity contribution in [1.29, 1.82) is 0 Å². The van der Waals surface area contributed by atoms with Gasteiger partial charge in [0.1, 0.15) is 0 Å². The van der Waals surface area contributed by atoms with Crippen molar-refractivity contribution in [2.24, 2.45) is 4.75 Å². The van der Waals surface area contributed by atoms with Gasteiger partial charge in [0.25, 0.3) is 0 Å². The summed E-state index contributed by atoms with van der Waals surface area (Å²) in [5.41, 5.74) is 0. The Morgan fingerprint density at radius 1 is 1.20 bits per heavy atom. The Labute approximate surface area is 45.5 Å². The first kappa shape index (κ1) is 6.35. The van der Waals surface area contributed by atoms with E-state index in [1.807, 2.05) is 0 Å². The van der Waals surface area contributed by atoms with E-state index >= 15 is 0 Å². The first-order valence-corrected chi connectivity index (χ1v) is 5.80. The first-order chi connectivity index (χ1) is 2.00. The van der Waals surface area contributed by atoms with Crippen LogP contribution in [0.25, 0.3) is 0 Å². The molecule has 0 atom stereocenters. The van der Waals surface area contributed by atoms with E-state index in [-0.39, 0.29) is 0 Å². The average Bonchev–Trinajstić information content (AvgIpc) is 0.722. The quantitative estimate of drug-likeness (QED) is 0.558. The Bertz CT molecular complexity index is 22.4.